The molecule has 3 atom stereocenters. The molecule has 0 aromatic carbocycles. The van der Waals surface area contributed by atoms with E-state index in [2.05, 4.69) is 43.8 Å². The number of hydrogen-bond acceptors (Lipinski definition) is 2. The maximum absolute atomic E-state index is 4.24. The lowest BCUT2D eigenvalue weighted by Gasteiger charge is -2.47. The maximum atomic E-state index is 4.24. The number of fused-ring (bicyclic) bond motifs is 2. The second-order valence-corrected chi connectivity index (χ2v) is 7.59. The van der Waals surface area contributed by atoms with Crippen LogP contribution in [0, 0.1) is 16.7 Å². The molecule has 0 spiro atoms. The highest BCUT2D eigenvalue weighted by Gasteiger charge is 2.60. The van der Waals surface area contributed by atoms with Crippen LogP contribution in [-0.4, -0.2) is 23.0 Å². The summed E-state index contributed by atoms with van der Waals surface area (Å²) < 4.78 is 0. The van der Waals surface area contributed by atoms with Crippen molar-refractivity contribution in [2.24, 2.45) is 16.7 Å². The lowest BCUT2D eigenvalue weighted by Crippen LogP contribution is -2.50. The molecule has 2 heteroatoms. The topological polar surface area (TPSA) is 16.1 Å². The molecule has 104 valence electrons. The van der Waals surface area contributed by atoms with Crippen LogP contribution in [0.5, 0.6) is 0 Å². The molecule has 2 aliphatic carbocycles. The van der Waals surface area contributed by atoms with Crippen molar-refractivity contribution < 1.29 is 0 Å². The van der Waals surface area contributed by atoms with Gasteiger partial charge in [-0.15, -0.1) is 0 Å². The Balaban J connectivity index is 1.81. The third-order valence-corrected chi connectivity index (χ3v) is 5.79. The first-order chi connectivity index (χ1) is 8.93. The Kier molecular flexibility index (Phi) is 2.97. The monoisotopic (exact) mass is 258 g/mol. The molecule has 0 radical (unpaired) electrons. The molecule has 1 aromatic rings. The summed E-state index contributed by atoms with van der Waals surface area (Å²) in [5, 5.41) is 0. The molecule has 0 unspecified atom stereocenters. The molecule has 0 aliphatic heterocycles. The molecule has 3 rings (SSSR count). The number of hydrogen-bond donors (Lipinski definition) is 0. The van der Waals surface area contributed by atoms with Crippen molar-refractivity contribution in [2.45, 2.75) is 52.6 Å². The first kappa shape index (κ1) is 13.1. The average molecular weight is 258 g/mol. The molecule has 2 fully saturated rings. The van der Waals surface area contributed by atoms with Gasteiger partial charge < -0.3 is 0 Å². The summed E-state index contributed by atoms with van der Waals surface area (Å²) in [6.07, 6.45) is 8.11. The van der Waals surface area contributed by atoms with Gasteiger partial charge in [-0.3, -0.25) is 9.88 Å². The molecule has 2 aliphatic rings. The van der Waals surface area contributed by atoms with Crippen LogP contribution in [0.25, 0.3) is 0 Å². The Morgan fingerprint density at radius 2 is 2.16 bits per heavy atom. The summed E-state index contributed by atoms with van der Waals surface area (Å²) >= 11 is 0. The molecule has 19 heavy (non-hydrogen) atoms. The highest BCUT2D eigenvalue weighted by molar-refractivity contribution is 5.14. The summed E-state index contributed by atoms with van der Waals surface area (Å²) in [4.78, 5) is 6.82. The summed E-state index contributed by atoms with van der Waals surface area (Å²) in [6.45, 7) is 8.48. The second-order valence-electron chi connectivity index (χ2n) is 7.59. The van der Waals surface area contributed by atoms with Crippen LogP contribution in [0.15, 0.2) is 24.5 Å². The first-order valence-corrected chi connectivity index (χ1v) is 7.53. The van der Waals surface area contributed by atoms with Gasteiger partial charge in [0, 0.05) is 25.0 Å². The van der Waals surface area contributed by atoms with E-state index < -0.39 is 0 Å². The molecule has 0 N–H and O–H groups in total. The maximum Gasteiger partial charge on any atom is 0.0312 e. The fraction of sp³-hybridized carbons (Fsp3) is 0.706. The number of nitrogens with zero attached hydrogens (tertiary/aromatic N) is 2. The Labute approximate surface area is 117 Å². The van der Waals surface area contributed by atoms with Crippen molar-refractivity contribution in [3.05, 3.63) is 30.1 Å². The lowest BCUT2D eigenvalue weighted by atomic mass is 9.67. The van der Waals surface area contributed by atoms with Crippen LogP contribution in [0.1, 0.15) is 45.6 Å². The van der Waals surface area contributed by atoms with Crippen LogP contribution < -0.4 is 0 Å². The minimum Gasteiger partial charge on any atom is -0.298 e. The van der Waals surface area contributed by atoms with Crippen molar-refractivity contribution in [3.8, 4) is 0 Å². The predicted octanol–water partition coefficient (Wildman–Crippen LogP) is 3.73. The summed E-state index contributed by atoms with van der Waals surface area (Å²) in [5.41, 5.74) is 2.29. The highest BCUT2D eigenvalue weighted by atomic mass is 15.2. The van der Waals surface area contributed by atoms with Crippen molar-refractivity contribution in [3.63, 3.8) is 0 Å². The second kappa shape index (κ2) is 4.31. The molecule has 2 saturated carbocycles. The zero-order valence-corrected chi connectivity index (χ0v) is 12.7. The quantitative estimate of drug-likeness (QED) is 0.821. The van der Waals surface area contributed by atoms with E-state index in [1.165, 1.54) is 24.8 Å². The van der Waals surface area contributed by atoms with E-state index in [1.54, 1.807) is 0 Å². The lowest BCUT2D eigenvalue weighted by molar-refractivity contribution is 0.0150. The van der Waals surface area contributed by atoms with E-state index >= 15 is 0 Å². The minimum atomic E-state index is 0.448. The van der Waals surface area contributed by atoms with Gasteiger partial charge in [-0.25, -0.2) is 0 Å². The normalized spacial score (nSPS) is 36.1. The number of pyridine rings is 1. The zero-order chi connectivity index (χ0) is 13.7. The standard InChI is InChI=1S/C17H26N2/c1-16(2)14-7-8-17(3,10-14)15(16)19(4)12-13-6-5-9-18-11-13/h5-6,9,11,14-15H,7-8,10,12H2,1-4H3/t14-,15+,17+/m1/s1. The van der Waals surface area contributed by atoms with Crippen molar-refractivity contribution in [1.82, 2.24) is 9.88 Å². The van der Waals surface area contributed by atoms with Crippen LogP contribution in [0.4, 0.5) is 0 Å². The van der Waals surface area contributed by atoms with E-state index in [4.69, 9.17) is 0 Å². The number of aromatic nitrogens is 1. The zero-order valence-electron chi connectivity index (χ0n) is 12.7. The Bertz CT molecular complexity index is 449. The molecular formula is C17H26N2. The summed E-state index contributed by atoms with van der Waals surface area (Å²) in [5.74, 6) is 0.916. The third-order valence-electron chi connectivity index (χ3n) is 5.79. The van der Waals surface area contributed by atoms with Gasteiger partial charge in [0.15, 0.2) is 0 Å². The number of rotatable bonds is 3. The van der Waals surface area contributed by atoms with Gasteiger partial charge in [0.2, 0.25) is 0 Å². The van der Waals surface area contributed by atoms with Gasteiger partial charge in [-0.05, 0) is 54.7 Å². The van der Waals surface area contributed by atoms with Gasteiger partial charge in [0.05, 0.1) is 0 Å². The smallest absolute Gasteiger partial charge is 0.0312 e. The predicted molar refractivity (Wildman–Crippen MR) is 78.7 cm³/mol. The van der Waals surface area contributed by atoms with Crippen LogP contribution >= 0.6 is 0 Å². The largest absolute Gasteiger partial charge is 0.298 e. The molecule has 2 bridgehead atoms. The van der Waals surface area contributed by atoms with Gasteiger partial charge in [-0.1, -0.05) is 26.8 Å². The fourth-order valence-corrected chi connectivity index (χ4v) is 5.25. The molecule has 2 nitrogen and oxygen atoms in total. The molecule has 0 amide bonds. The van der Waals surface area contributed by atoms with E-state index in [1.807, 2.05) is 18.5 Å². The Morgan fingerprint density at radius 3 is 2.74 bits per heavy atom. The fourth-order valence-electron chi connectivity index (χ4n) is 5.25. The van der Waals surface area contributed by atoms with Crippen LogP contribution in [-0.2, 0) is 6.54 Å². The molecule has 1 aromatic heterocycles. The van der Waals surface area contributed by atoms with Gasteiger partial charge in [0.25, 0.3) is 0 Å². The van der Waals surface area contributed by atoms with Gasteiger partial charge in [0.1, 0.15) is 0 Å². The molecule has 1 heterocycles. The minimum absolute atomic E-state index is 0.448. The van der Waals surface area contributed by atoms with Crippen LogP contribution in [0.2, 0.25) is 0 Å². The first-order valence-electron chi connectivity index (χ1n) is 7.53. The SMILES string of the molecule is CN(Cc1cccnc1)[C@H]1C(C)(C)[C@@H]2CC[C@@]1(C)C2. The summed E-state index contributed by atoms with van der Waals surface area (Å²) in [6, 6.07) is 4.92. The van der Waals surface area contributed by atoms with Crippen molar-refractivity contribution in [1.29, 1.82) is 0 Å². The van der Waals surface area contributed by atoms with E-state index in [0.717, 1.165) is 12.5 Å². The third kappa shape index (κ3) is 2.01. The average Bonchev–Trinajstić information content (AvgIpc) is 2.81. The van der Waals surface area contributed by atoms with Gasteiger partial charge in [-0.2, -0.15) is 0 Å². The summed E-state index contributed by atoms with van der Waals surface area (Å²) in [7, 11) is 2.30. The molecular weight excluding hydrogens is 232 g/mol. The highest BCUT2D eigenvalue weighted by Crippen LogP contribution is 2.63. The molecule has 0 saturated heterocycles. The Morgan fingerprint density at radius 1 is 1.37 bits per heavy atom. The van der Waals surface area contributed by atoms with Gasteiger partial charge >= 0.3 is 0 Å². The van der Waals surface area contributed by atoms with E-state index in [9.17, 15) is 0 Å². The van der Waals surface area contributed by atoms with Crippen molar-refractivity contribution >= 4 is 0 Å². The van der Waals surface area contributed by atoms with E-state index in [0.29, 0.717) is 16.9 Å². The van der Waals surface area contributed by atoms with Crippen LogP contribution in [0.3, 0.4) is 0 Å². The Hall–Kier alpha value is -0.890. The van der Waals surface area contributed by atoms with E-state index in [-0.39, 0.29) is 0 Å². The van der Waals surface area contributed by atoms with Crippen molar-refractivity contribution in [2.75, 3.05) is 7.05 Å².